The van der Waals surface area contributed by atoms with E-state index in [1.165, 1.54) is 42.6 Å². The Morgan fingerprint density at radius 3 is 2.47 bits per heavy atom. The predicted molar refractivity (Wildman–Crippen MR) is 127 cm³/mol. The molecule has 1 N–H and O–H groups in total. The smallest absolute Gasteiger partial charge is 0.252 e. The molecule has 3 aromatic rings. The average molecular weight is 527 g/mol. The van der Waals surface area contributed by atoms with Gasteiger partial charge in [-0.3, -0.25) is 9.78 Å². The molecule has 0 aliphatic rings. The van der Waals surface area contributed by atoms with E-state index in [1.54, 1.807) is 6.26 Å². The number of rotatable bonds is 9. The zero-order valence-corrected chi connectivity index (χ0v) is 20.4. The molecule has 34 heavy (non-hydrogen) atoms. The predicted octanol–water partition coefficient (Wildman–Crippen LogP) is 4.07. The third-order valence-electron chi connectivity index (χ3n) is 4.90. The zero-order valence-electron chi connectivity index (χ0n) is 18.0. The lowest BCUT2D eigenvalue weighted by molar-refractivity contribution is 0.0953. The Kier molecular flexibility index (Phi) is 8.64. The minimum Gasteiger partial charge on any atom is -0.617 e. The molecule has 0 aliphatic heterocycles. The van der Waals surface area contributed by atoms with Gasteiger partial charge in [0.05, 0.1) is 22.4 Å². The minimum atomic E-state index is -4.28. The SMILES string of the molecule is C[S+]([O-])CCCNC(=O)c1ccc(C(c2cc(F)ccc2F)S(=O)(=O)c2ccc(Cl)cc2)nc1. The highest BCUT2D eigenvalue weighted by molar-refractivity contribution is 7.92. The maximum Gasteiger partial charge on any atom is 0.252 e. The summed E-state index contributed by atoms with van der Waals surface area (Å²) >= 11 is 4.89. The zero-order chi connectivity index (χ0) is 24.9. The summed E-state index contributed by atoms with van der Waals surface area (Å²) in [5.41, 5.74) is -0.340. The molecule has 3 rings (SSSR count). The van der Waals surface area contributed by atoms with Crippen molar-refractivity contribution in [2.24, 2.45) is 0 Å². The molecule has 0 spiro atoms. The van der Waals surface area contributed by atoms with Gasteiger partial charge in [0.25, 0.3) is 5.91 Å². The maximum absolute atomic E-state index is 14.7. The summed E-state index contributed by atoms with van der Waals surface area (Å²) in [4.78, 5) is 16.3. The second kappa shape index (κ2) is 11.3. The molecule has 0 radical (unpaired) electrons. The van der Waals surface area contributed by atoms with Crippen molar-refractivity contribution in [3.8, 4) is 0 Å². The summed E-state index contributed by atoms with van der Waals surface area (Å²) < 4.78 is 66.7. The lowest BCUT2D eigenvalue weighted by Gasteiger charge is -2.19. The molecule has 1 heterocycles. The van der Waals surface area contributed by atoms with E-state index in [4.69, 9.17) is 11.6 Å². The Hall–Kier alpha value is -2.53. The van der Waals surface area contributed by atoms with Crippen LogP contribution in [-0.2, 0) is 21.0 Å². The van der Waals surface area contributed by atoms with Crippen LogP contribution in [-0.4, -0.2) is 42.4 Å². The van der Waals surface area contributed by atoms with Crippen molar-refractivity contribution in [3.05, 3.63) is 94.3 Å². The van der Waals surface area contributed by atoms with E-state index in [9.17, 15) is 26.5 Å². The molecule has 0 aliphatic carbocycles. The van der Waals surface area contributed by atoms with Crippen LogP contribution in [0.3, 0.4) is 0 Å². The number of halogens is 3. The van der Waals surface area contributed by atoms with Crippen molar-refractivity contribution in [2.45, 2.75) is 16.6 Å². The molecule has 0 saturated carbocycles. The summed E-state index contributed by atoms with van der Waals surface area (Å²) in [7, 11) is -4.28. The average Bonchev–Trinajstić information content (AvgIpc) is 2.79. The van der Waals surface area contributed by atoms with Gasteiger partial charge in [0.2, 0.25) is 0 Å². The summed E-state index contributed by atoms with van der Waals surface area (Å²) in [5.74, 6) is -1.73. The van der Waals surface area contributed by atoms with Crippen LogP contribution in [0.2, 0.25) is 5.02 Å². The van der Waals surface area contributed by atoms with Crippen molar-refractivity contribution in [3.63, 3.8) is 0 Å². The van der Waals surface area contributed by atoms with Gasteiger partial charge in [-0.05, 0) is 54.6 Å². The third kappa shape index (κ3) is 6.32. The van der Waals surface area contributed by atoms with E-state index < -0.39 is 49.4 Å². The number of nitrogens with one attached hydrogen (secondary N) is 1. The first-order valence-corrected chi connectivity index (χ1v) is 13.7. The van der Waals surface area contributed by atoms with Crippen molar-refractivity contribution >= 4 is 38.5 Å². The lowest BCUT2D eigenvalue weighted by Crippen LogP contribution is -2.26. The number of hydrogen-bond donors (Lipinski definition) is 1. The topological polar surface area (TPSA) is 99.2 Å². The van der Waals surface area contributed by atoms with Crippen LogP contribution < -0.4 is 5.32 Å². The fourth-order valence-electron chi connectivity index (χ4n) is 3.24. The number of sulfone groups is 1. The minimum absolute atomic E-state index is 0.0858. The molecule has 11 heteroatoms. The number of carbonyl (C=O) groups excluding carboxylic acids is 1. The second-order valence-electron chi connectivity index (χ2n) is 7.40. The Balaban J connectivity index is 1.97. The van der Waals surface area contributed by atoms with Gasteiger partial charge in [-0.15, -0.1) is 0 Å². The normalized spacial score (nSPS) is 13.3. The number of pyridine rings is 1. The van der Waals surface area contributed by atoms with Crippen molar-refractivity contribution in [2.75, 3.05) is 18.6 Å². The number of aromatic nitrogens is 1. The highest BCUT2D eigenvalue weighted by atomic mass is 35.5. The molecule has 180 valence electrons. The summed E-state index contributed by atoms with van der Waals surface area (Å²) in [6, 6.07) is 10.5. The van der Waals surface area contributed by atoms with Crippen LogP contribution in [0.4, 0.5) is 8.78 Å². The summed E-state index contributed by atoms with van der Waals surface area (Å²) in [6.45, 7) is 0.308. The second-order valence-corrected chi connectivity index (χ2v) is 11.4. The van der Waals surface area contributed by atoms with Gasteiger partial charge in [-0.25, -0.2) is 17.2 Å². The first-order chi connectivity index (χ1) is 16.1. The first kappa shape index (κ1) is 26.1. The van der Waals surface area contributed by atoms with Crippen molar-refractivity contribution in [1.82, 2.24) is 10.3 Å². The Morgan fingerprint density at radius 2 is 1.85 bits per heavy atom. The third-order valence-corrected chi connectivity index (χ3v) is 8.07. The van der Waals surface area contributed by atoms with Crippen LogP contribution in [0, 0.1) is 11.6 Å². The number of amides is 1. The largest absolute Gasteiger partial charge is 0.617 e. The molecule has 2 atom stereocenters. The molecule has 0 bridgehead atoms. The first-order valence-electron chi connectivity index (χ1n) is 10.1. The number of hydrogen-bond acceptors (Lipinski definition) is 5. The van der Waals surface area contributed by atoms with Crippen molar-refractivity contribution in [1.29, 1.82) is 0 Å². The van der Waals surface area contributed by atoms with E-state index >= 15 is 0 Å². The molecule has 1 aromatic heterocycles. The van der Waals surface area contributed by atoms with Crippen LogP contribution in [0.5, 0.6) is 0 Å². The van der Waals surface area contributed by atoms with E-state index in [0.29, 0.717) is 23.7 Å². The van der Waals surface area contributed by atoms with Gasteiger partial charge in [0.15, 0.2) is 9.84 Å². The number of carbonyl (C=O) groups is 1. The van der Waals surface area contributed by atoms with Gasteiger partial charge < -0.3 is 9.87 Å². The Bertz CT molecular complexity index is 1250. The highest BCUT2D eigenvalue weighted by Crippen LogP contribution is 2.36. The van der Waals surface area contributed by atoms with Gasteiger partial charge in [0, 0.05) is 29.7 Å². The van der Waals surface area contributed by atoms with Gasteiger partial charge in [0.1, 0.15) is 22.6 Å². The van der Waals surface area contributed by atoms with Crippen LogP contribution in [0.15, 0.2) is 65.7 Å². The highest BCUT2D eigenvalue weighted by Gasteiger charge is 2.34. The monoisotopic (exact) mass is 526 g/mol. The molecular formula is C23H21ClF2N2O4S2. The molecular weight excluding hydrogens is 506 g/mol. The molecule has 6 nitrogen and oxygen atoms in total. The van der Waals surface area contributed by atoms with E-state index in [1.807, 2.05) is 0 Å². The fraction of sp³-hybridized carbons (Fsp3) is 0.217. The van der Waals surface area contributed by atoms with Crippen LogP contribution in [0.1, 0.15) is 33.3 Å². The van der Waals surface area contributed by atoms with Gasteiger partial charge in [-0.2, -0.15) is 0 Å². The standard InChI is InChI=1S/C23H21ClF2N2O4S2/c1-33(30)12-2-11-27-23(29)15-3-10-21(28-14-15)22(19-13-17(25)6-9-20(19)26)34(31,32)18-7-4-16(24)5-8-18/h3-10,13-14,22H,2,11-12H2,1H3,(H,27,29). The lowest BCUT2D eigenvalue weighted by atomic mass is 10.1. The fourth-order valence-corrected chi connectivity index (χ4v) is 5.67. The maximum atomic E-state index is 14.7. The van der Waals surface area contributed by atoms with Crippen LogP contribution >= 0.6 is 11.6 Å². The molecule has 2 aromatic carbocycles. The van der Waals surface area contributed by atoms with E-state index in [-0.39, 0.29) is 16.2 Å². The van der Waals surface area contributed by atoms with Gasteiger partial charge in [-0.1, -0.05) is 22.8 Å². The molecule has 0 fully saturated rings. The van der Waals surface area contributed by atoms with Crippen LogP contribution in [0.25, 0.3) is 0 Å². The molecule has 1 amide bonds. The molecule has 0 saturated heterocycles. The summed E-state index contributed by atoms with van der Waals surface area (Å²) in [6.07, 6.45) is 3.27. The number of benzene rings is 2. The van der Waals surface area contributed by atoms with E-state index in [0.717, 1.165) is 18.2 Å². The van der Waals surface area contributed by atoms with Gasteiger partial charge >= 0.3 is 0 Å². The number of nitrogens with zero attached hydrogens (tertiary/aromatic N) is 1. The Morgan fingerprint density at radius 1 is 1.15 bits per heavy atom. The molecule has 2 unspecified atom stereocenters. The van der Waals surface area contributed by atoms with E-state index in [2.05, 4.69) is 10.3 Å². The Labute approximate surface area is 204 Å². The van der Waals surface area contributed by atoms with Crippen molar-refractivity contribution < 1.29 is 26.5 Å². The quantitative estimate of drug-likeness (QED) is 0.334. The summed E-state index contributed by atoms with van der Waals surface area (Å²) in [5, 5.41) is 1.30.